The monoisotopic (exact) mass is 299 g/mol. The van der Waals surface area contributed by atoms with Gasteiger partial charge in [-0.25, -0.2) is 8.42 Å². The zero-order chi connectivity index (χ0) is 15.3. The number of carbonyl (C=O) groups is 2. The molecule has 1 rings (SSSR count). The molecule has 0 unspecified atom stereocenters. The molecule has 6 nitrogen and oxygen atoms in total. The van der Waals surface area contributed by atoms with Crippen molar-refractivity contribution in [2.75, 3.05) is 19.3 Å². The second-order valence-electron chi connectivity index (χ2n) is 4.48. The molecule has 0 aliphatic heterocycles. The summed E-state index contributed by atoms with van der Waals surface area (Å²) in [6, 6.07) is 6.13. The lowest BCUT2D eigenvalue weighted by molar-refractivity contribution is -0.137. The topological polar surface area (TPSA) is 91.8 Å². The fraction of sp³-hybridized carbons (Fsp3) is 0.385. The van der Waals surface area contributed by atoms with Crippen molar-refractivity contribution in [3.8, 4) is 0 Å². The van der Waals surface area contributed by atoms with E-state index < -0.39 is 15.8 Å². The number of nitrogens with zero attached hydrogens (tertiary/aromatic N) is 1. The third kappa shape index (κ3) is 5.00. The second-order valence-corrected chi connectivity index (χ2v) is 6.62. The predicted molar refractivity (Wildman–Crippen MR) is 74.2 cm³/mol. The molecule has 0 aliphatic carbocycles. The molecule has 7 heteroatoms. The first-order valence-electron chi connectivity index (χ1n) is 6.00. The van der Waals surface area contributed by atoms with Crippen molar-refractivity contribution in [2.45, 2.75) is 12.7 Å². The summed E-state index contributed by atoms with van der Waals surface area (Å²) >= 11 is 0. The van der Waals surface area contributed by atoms with Crippen molar-refractivity contribution in [3.05, 3.63) is 35.4 Å². The Kier molecular flexibility index (Phi) is 5.26. The first kappa shape index (κ1) is 16.2. The van der Waals surface area contributed by atoms with Crippen molar-refractivity contribution in [1.29, 1.82) is 0 Å². The summed E-state index contributed by atoms with van der Waals surface area (Å²) < 4.78 is 22.3. The van der Waals surface area contributed by atoms with E-state index in [1.807, 2.05) is 0 Å². The standard InChI is InChI=1S/C13H17NO5S/c1-3-14(8-12(15)16)13(17)11-6-4-10(5-7-11)9-20(2,18)19/h4-7H,3,8-9H2,1-2H3,(H,15,16). The summed E-state index contributed by atoms with van der Waals surface area (Å²) in [7, 11) is -3.12. The van der Waals surface area contributed by atoms with E-state index >= 15 is 0 Å². The number of carbonyl (C=O) groups excluding carboxylic acids is 1. The van der Waals surface area contributed by atoms with Gasteiger partial charge in [-0.05, 0) is 24.6 Å². The number of likely N-dealkylation sites (N-methyl/N-ethyl adjacent to an activating group) is 1. The van der Waals surface area contributed by atoms with E-state index in [1.165, 1.54) is 17.0 Å². The van der Waals surface area contributed by atoms with E-state index in [9.17, 15) is 18.0 Å². The highest BCUT2D eigenvalue weighted by molar-refractivity contribution is 7.89. The Balaban J connectivity index is 2.87. The maximum Gasteiger partial charge on any atom is 0.323 e. The molecule has 0 atom stereocenters. The number of aliphatic carboxylic acids is 1. The minimum atomic E-state index is -3.12. The van der Waals surface area contributed by atoms with Crippen LogP contribution in [-0.4, -0.2) is 49.6 Å². The second kappa shape index (κ2) is 6.51. The number of hydrogen-bond acceptors (Lipinski definition) is 4. The van der Waals surface area contributed by atoms with Crippen LogP contribution >= 0.6 is 0 Å². The van der Waals surface area contributed by atoms with E-state index in [-0.39, 0.29) is 24.7 Å². The fourth-order valence-corrected chi connectivity index (χ4v) is 2.52. The molecular formula is C13H17NO5S. The lowest BCUT2D eigenvalue weighted by Gasteiger charge is -2.18. The number of rotatable bonds is 6. The number of hydrogen-bond donors (Lipinski definition) is 1. The molecule has 0 heterocycles. The SMILES string of the molecule is CCN(CC(=O)O)C(=O)c1ccc(CS(C)(=O)=O)cc1. The molecule has 0 bridgehead atoms. The van der Waals surface area contributed by atoms with Crippen LogP contribution in [0.25, 0.3) is 0 Å². The van der Waals surface area contributed by atoms with Gasteiger partial charge < -0.3 is 10.0 Å². The van der Waals surface area contributed by atoms with Crippen molar-refractivity contribution in [2.24, 2.45) is 0 Å². The van der Waals surface area contributed by atoms with Crippen LogP contribution in [0.4, 0.5) is 0 Å². The highest BCUT2D eigenvalue weighted by Gasteiger charge is 2.16. The van der Waals surface area contributed by atoms with Gasteiger partial charge in [-0.3, -0.25) is 9.59 Å². The summed E-state index contributed by atoms with van der Waals surface area (Å²) in [5.74, 6) is -1.55. The quantitative estimate of drug-likeness (QED) is 0.838. The van der Waals surface area contributed by atoms with Crippen LogP contribution in [-0.2, 0) is 20.4 Å². The van der Waals surface area contributed by atoms with E-state index in [1.54, 1.807) is 19.1 Å². The molecule has 0 saturated carbocycles. The van der Waals surface area contributed by atoms with Gasteiger partial charge >= 0.3 is 5.97 Å². The molecule has 0 spiro atoms. The number of carboxylic acids is 1. The number of amides is 1. The van der Waals surface area contributed by atoms with Gasteiger partial charge in [-0.15, -0.1) is 0 Å². The molecule has 0 aliphatic rings. The van der Waals surface area contributed by atoms with Crippen LogP contribution in [0.2, 0.25) is 0 Å². The lowest BCUT2D eigenvalue weighted by atomic mass is 10.1. The molecule has 0 saturated heterocycles. The van der Waals surface area contributed by atoms with Gasteiger partial charge in [0.15, 0.2) is 9.84 Å². The molecule has 20 heavy (non-hydrogen) atoms. The number of sulfone groups is 1. The van der Waals surface area contributed by atoms with Crippen LogP contribution in [0, 0.1) is 0 Å². The highest BCUT2D eigenvalue weighted by Crippen LogP contribution is 2.10. The van der Waals surface area contributed by atoms with Crippen LogP contribution < -0.4 is 0 Å². The Morgan fingerprint density at radius 1 is 1.20 bits per heavy atom. The van der Waals surface area contributed by atoms with Gasteiger partial charge in [0, 0.05) is 18.4 Å². The maximum absolute atomic E-state index is 12.1. The maximum atomic E-state index is 12.1. The van der Waals surface area contributed by atoms with Crippen molar-refractivity contribution >= 4 is 21.7 Å². The van der Waals surface area contributed by atoms with E-state index in [0.717, 1.165) is 6.26 Å². The lowest BCUT2D eigenvalue weighted by Crippen LogP contribution is -2.35. The first-order chi connectivity index (χ1) is 9.23. The zero-order valence-corrected chi connectivity index (χ0v) is 12.2. The fourth-order valence-electron chi connectivity index (χ4n) is 1.72. The normalized spacial score (nSPS) is 11.1. The Morgan fingerprint density at radius 2 is 1.75 bits per heavy atom. The van der Waals surface area contributed by atoms with Gasteiger partial charge in [-0.2, -0.15) is 0 Å². The Bertz CT molecular complexity index is 592. The van der Waals surface area contributed by atoms with Gasteiger partial charge in [0.05, 0.1) is 5.75 Å². The molecule has 110 valence electrons. The molecule has 0 fully saturated rings. The number of carboxylic acid groups (broad SMARTS) is 1. The molecular weight excluding hydrogens is 282 g/mol. The zero-order valence-electron chi connectivity index (χ0n) is 11.4. The average molecular weight is 299 g/mol. The largest absolute Gasteiger partial charge is 0.480 e. The van der Waals surface area contributed by atoms with Crippen molar-refractivity contribution in [3.63, 3.8) is 0 Å². The predicted octanol–water partition coefficient (Wildman–Crippen LogP) is 0.778. The Morgan fingerprint density at radius 3 is 2.15 bits per heavy atom. The molecule has 0 radical (unpaired) electrons. The molecule has 1 amide bonds. The smallest absolute Gasteiger partial charge is 0.323 e. The summed E-state index contributed by atoms with van der Waals surface area (Å²) in [4.78, 5) is 23.9. The van der Waals surface area contributed by atoms with Crippen LogP contribution in [0.1, 0.15) is 22.8 Å². The van der Waals surface area contributed by atoms with Gasteiger partial charge in [0.25, 0.3) is 5.91 Å². The van der Waals surface area contributed by atoms with Crippen molar-refractivity contribution in [1.82, 2.24) is 4.90 Å². The minimum Gasteiger partial charge on any atom is -0.480 e. The summed E-state index contributed by atoms with van der Waals surface area (Å²) in [6.45, 7) is 1.62. The highest BCUT2D eigenvalue weighted by atomic mass is 32.2. The van der Waals surface area contributed by atoms with Crippen LogP contribution in [0.15, 0.2) is 24.3 Å². The average Bonchev–Trinajstić information content (AvgIpc) is 2.34. The van der Waals surface area contributed by atoms with E-state index in [2.05, 4.69) is 0 Å². The third-order valence-electron chi connectivity index (χ3n) is 2.62. The number of benzene rings is 1. The Hall–Kier alpha value is -1.89. The van der Waals surface area contributed by atoms with Gasteiger partial charge in [0.1, 0.15) is 6.54 Å². The molecule has 0 aromatic heterocycles. The third-order valence-corrected chi connectivity index (χ3v) is 3.48. The minimum absolute atomic E-state index is 0.0892. The van der Waals surface area contributed by atoms with Crippen LogP contribution in [0.3, 0.4) is 0 Å². The molecule has 1 aromatic rings. The van der Waals surface area contributed by atoms with Gasteiger partial charge in [0.2, 0.25) is 0 Å². The molecule has 1 N–H and O–H groups in total. The summed E-state index contributed by atoms with van der Waals surface area (Å²) in [6.07, 6.45) is 1.14. The first-order valence-corrected chi connectivity index (χ1v) is 8.06. The van der Waals surface area contributed by atoms with Crippen LogP contribution in [0.5, 0.6) is 0 Å². The summed E-state index contributed by atoms with van der Waals surface area (Å²) in [5, 5.41) is 8.72. The van der Waals surface area contributed by atoms with Crippen molar-refractivity contribution < 1.29 is 23.1 Å². The van der Waals surface area contributed by atoms with E-state index in [4.69, 9.17) is 5.11 Å². The Labute approximate surface area is 117 Å². The van der Waals surface area contributed by atoms with Gasteiger partial charge in [-0.1, -0.05) is 12.1 Å². The summed E-state index contributed by atoms with van der Waals surface area (Å²) in [5.41, 5.74) is 0.927. The van der Waals surface area contributed by atoms with E-state index in [0.29, 0.717) is 11.1 Å². The molecule has 1 aromatic carbocycles.